The number of aliphatic hydroxyl groups excluding tert-OH is 1. The normalized spacial score (nSPS) is 33.2. The smallest absolute Gasteiger partial charge is 0.220 e. The molecule has 0 aliphatic heterocycles. The maximum Gasteiger partial charge on any atom is 0.220 e. The molecule has 3 nitrogen and oxygen atoms in total. The average Bonchev–Trinajstić information content (AvgIpc) is 2.88. The Kier molecular flexibility index (Phi) is 3.99. The van der Waals surface area contributed by atoms with Gasteiger partial charge in [0, 0.05) is 25.0 Å². The summed E-state index contributed by atoms with van der Waals surface area (Å²) in [5.41, 5.74) is 0. The van der Waals surface area contributed by atoms with Crippen molar-refractivity contribution in [2.24, 2.45) is 11.8 Å². The van der Waals surface area contributed by atoms with Crippen molar-refractivity contribution in [2.75, 3.05) is 6.61 Å². The summed E-state index contributed by atoms with van der Waals surface area (Å²) in [5, 5.41) is 12.2. The predicted molar refractivity (Wildman–Crippen MR) is 62.8 cm³/mol. The van der Waals surface area contributed by atoms with E-state index in [1.54, 1.807) is 0 Å². The van der Waals surface area contributed by atoms with Gasteiger partial charge in [-0.3, -0.25) is 4.79 Å². The number of allylic oxidation sites excluding steroid dienone is 2. The molecule has 2 rings (SSSR count). The minimum atomic E-state index is 0.155. The second-order valence-electron chi connectivity index (χ2n) is 5.02. The van der Waals surface area contributed by atoms with Crippen molar-refractivity contribution >= 4 is 5.91 Å². The van der Waals surface area contributed by atoms with Crippen LogP contribution in [0, 0.1) is 11.8 Å². The molecule has 3 unspecified atom stereocenters. The van der Waals surface area contributed by atoms with E-state index < -0.39 is 0 Å². The molecule has 1 fully saturated rings. The maximum absolute atomic E-state index is 11.8. The van der Waals surface area contributed by atoms with Crippen LogP contribution in [0.25, 0.3) is 0 Å². The van der Waals surface area contributed by atoms with Gasteiger partial charge in [0.1, 0.15) is 0 Å². The fourth-order valence-electron chi connectivity index (χ4n) is 2.81. The summed E-state index contributed by atoms with van der Waals surface area (Å²) in [6, 6.07) is 0.211. The monoisotopic (exact) mass is 223 g/mol. The summed E-state index contributed by atoms with van der Waals surface area (Å²) in [5.74, 6) is 0.874. The van der Waals surface area contributed by atoms with Crippen molar-refractivity contribution in [3.8, 4) is 0 Å². The summed E-state index contributed by atoms with van der Waals surface area (Å²) < 4.78 is 0. The Labute approximate surface area is 96.9 Å². The topological polar surface area (TPSA) is 49.3 Å². The van der Waals surface area contributed by atoms with Gasteiger partial charge in [0.05, 0.1) is 0 Å². The number of hydrogen-bond acceptors (Lipinski definition) is 2. The lowest BCUT2D eigenvalue weighted by atomic mass is 10.0. The van der Waals surface area contributed by atoms with Gasteiger partial charge in [-0.25, -0.2) is 0 Å². The summed E-state index contributed by atoms with van der Waals surface area (Å²) in [4.78, 5) is 11.8. The van der Waals surface area contributed by atoms with E-state index in [0.717, 1.165) is 32.1 Å². The minimum absolute atomic E-state index is 0.155. The number of carbonyl (C=O) groups is 1. The number of rotatable bonds is 4. The fraction of sp³-hybridized carbons (Fsp3) is 0.769. The minimum Gasteiger partial charge on any atom is -0.396 e. The number of hydrogen-bond donors (Lipinski definition) is 2. The second-order valence-corrected chi connectivity index (χ2v) is 5.02. The van der Waals surface area contributed by atoms with Crippen molar-refractivity contribution in [3.63, 3.8) is 0 Å². The summed E-state index contributed by atoms with van der Waals surface area (Å²) in [7, 11) is 0. The molecule has 0 heterocycles. The van der Waals surface area contributed by atoms with E-state index in [1.807, 2.05) is 0 Å². The highest BCUT2D eigenvalue weighted by atomic mass is 16.3. The Morgan fingerprint density at radius 1 is 1.38 bits per heavy atom. The number of carbonyl (C=O) groups excluding carboxylic acids is 1. The molecule has 0 aromatic rings. The van der Waals surface area contributed by atoms with Crippen LogP contribution in [-0.4, -0.2) is 23.7 Å². The standard InChI is InChI=1S/C13H21NO2/c15-9-11-6-3-7-12(11)14-13(16)8-10-4-1-2-5-10/h1,4,10-12,15H,2-3,5-9H2,(H,14,16). The Balaban J connectivity index is 1.75. The SMILES string of the molecule is O=C(CC1C=CCC1)NC1CCCC1CO. The van der Waals surface area contributed by atoms with Gasteiger partial charge in [-0.2, -0.15) is 0 Å². The Bertz CT molecular complexity index is 275. The molecule has 16 heavy (non-hydrogen) atoms. The molecule has 2 N–H and O–H groups in total. The van der Waals surface area contributed by atoms with Crippen LogP contribution in [0.3, 0.4) is 0 Å². The third-order valence-electron chi connectivity index (χ3n) is 3.80. The van der Waals surface area contributed by atoms with Crippen molar-refractivity contribution < 1.29 is 9.90 Å². The van der Waals surface area contributed by atoms with Crippen LogP contribution in [0.2, 0.25) is 0 Å². The molecule has 0 spiro atoms. The third kappa shape index (κ3) is 2.85. The van der Waals surface area contributed by atoms with Gasteiger partial charge in [0.15, 0.2) is 0 Å². The molecule has 2 aliphatic carbocycles. The number of nitrogens with one attached hydrogen (secondary N) is 1. The zero-order chi connectivity index (χ0) is 11.4. The summed E-state index contributed by atoms with van der Waals surface area (Å²) >= 11 is 0. The molecule has 0 radical (unpaired) electrons. The van der Waals surface area contributed by atoms with Gasteiger partial charge < -0.3 is 10.4 Å². The quantitative estimate of drug-likeness (QED) is 0.711. The molecular weight excluding hydrogens is 202 g/mol. The number of aliphatic hydroxyl groups is 1. The molecule has 3 atom stereocenters. The first-order chi connectivity index (χ1) is 7.79. The fourth-order valence-corrected chi connectivity index (χ4v) is 2.81. The lowest BCUT2D eigenvalue weighted by molar-refractivity contribution is -0.122. The van der Waals surface area contributed by atoms with E-state index in [2.05, 4.69) is 17.5 Å². The molecule has 3 heteroatoms. The molecule has 0 aromatic heterocycles. The summed E-state index contributed by atoms with van der Waals surface area (Å²) in [6.45, 7) is 0.203. The van der Waals surface area contributed by atoms with Crippen LogP contribution in [0.1, 0.15) is 38.5 Å². The van der Waals surface area contributed by atoms with Gasteiger partial charge in [-0.15, -0.1) is 0 Å². The predicted octanol–water partition coefficient (Wildman–Crippen LogP) is 1.62. The van der Waals surface area contributed by atoms with Crippen LogP contribution < -0.4 is 5.32 Å². The van der Waals surface area contributed by atoms with E-state index in [9.17, 15) is 9.90 Å². The van der Waals surface area contributed by atoms with E-state index in [4.69, 9.17) is 0 Å². The Hall–Kier alpha value is -0.830. The van der Waals surface area contributed by atoms with E-state index in [-0.39, 0.29) is 24.5 Å². The molecule has 1 amide bonds. The Morgan fingerprint density at radius 2 is 2.25 bits per heavy atom. The molecule has 0 aromatic carbocycles. The zero-order valence-corrected chi connectivity index (χ0v) is 9.69. The third-order valence-corrected chi connectivity index (χ3v) is 3.80. The highest BCUT2D eigenvalue weighted by molar-refractivity contribution is 5.76. The lowest BCUT2D eigenvalue weighted by Crippen LogP contribution is -2.39. The van der Waals surface area contributed by atoms with Crippen LogP contribution >= 0.6 is 0 Å². The highest BCUT2D eigenvalue weighted by Gasteiger charge is 2.28. The maximum atomic E-state index is 11.8. The largest absolute Gasteiger partial charge is 0.396 e. The average molecular weight is 223 g/mol. The Morgan fingerprint density at radius 3 is 2.94 bits per heavy atom. The van der Waals surface area contributed by atoms with Gasteiger partial charge >= 0.3 is 0 Å². The molecule has 0 bridgehead atoms. The van der Waals surface area contributed by atoms with Crippen molar-refractivity contribution in [1.29, 1.82) is 0 Å². The van der Waals surface area contributed by atoms with Crippen LogP contribution in [0.5, 0.6) is 0 Å². The van der Waals surface area contributed by atoms with Gasteiger partial charge in [0.25, 0.3) is 0 Å². The molecule has 90 valence electrons. The van der Waals surface area contributed by atoms with Crippen molar-refractivity contribution in [2.45, 2.75) is 44.6 Å². The van der Waals surface area contributed by atoms with Crippen LogP contribution in [0.15, 0.2) is 12.2 Å². The van der Waals surface area contributed by atoms with Crippen LogP contribution in [-0.2, 0) is 4.79 Å². The van der Waals surface area contributed by atoms with Gasteiger partial charge in [0.2, 0.25) is 5.91 Å². The van der Waals surface area contributed by atoms with Gasteiger partial charge in [-0.05, 0) is 31.6 Å². The van der Waals surface area contributed by atoms with Crippen molar-refractivity contribution in [1.82, 2.24) is 5.32 Å². The molecule has 1 saturated carbocycles. The summed E-state index contributed by atoms with van der Waals surface area (Å²) in [6.07, 6.45) is 10.3. The van der Waals surface area contributed by atoms with Crippen LogP contribution in [0.4, 0.5) is 0 Å². The van der Waals surface area contributed by atoms with E-state index in [0.29, 0.717) is 12.3 Å². The molecule has 0 saturated heterocycles. The van der Waals surface area contributed by atoms with Gasteiger partial charge in [-0.1, -0.05) is 18.6 Å². The molecular formula is C13H21NO2. The zero-order valence-electron chi connectivity index (χ0n) is 9.69. The second kappa shape index (κ2) is 5.48. The molecule has 2 aliphatic rings. The first-order valence-electron chi connectivity index (χ1n) is 6.36. The van der Waals surface area contributed by atoms with Crippen molar-refractivity contribution in [3.05, 3.63) is 12.2 Å². The number of amides is 1. The van der Waals surface area contributed by atoms with E-state index >= 15 is 0 Å². The first kappa shape index (κ1) is 11.6. The van der Waals surface area contributed by atoms with E-state index in [1.165, 1.54) is 0 Å². The lowest BCUT2D eigenvalue weighted by Gasteiger charge is -2.19. The first-order valence-corrected chi connectivity index (χ1v) is 6.36. The highest BCUT2D eigenvalue weighted by Crippen LogP contribution is 2.26.